The summed E-state index contributed by atoms with van der Waals surface area (Å²) in [7, 11) is 0. The molecule has 6 heteroatoms. The normalized spacial score (nSPS) is 11.1. The Balaban J connectivity index is 1.68. The second-order valence-corrected chi connectivity index (χ2v) is 7.01. The highest BCUT2D eigenvalue weighted by Crippen LogP contribution is 2.19. The quantitative estimate of drug-likeness (QED) is 0.363. The molecule has 0 saturated heterocycles. The number of thioether (sulfide) groups is 1. The summed E-state index contributed by atoms with van der Waals surface area (Å²) < 4.78 is 0. The van der Waals surface area contributed by atoms with Crippen LogP contribution >= 0.6 is 23.4 Å². The Kier molecular flexibility index (Phi) is 6.90. The van der Waals surface area contributed by atoms with Crippen molar-refractivity contribution in [3.05, 3.63) is 101 Å². The molecule has 0 fully saturated rings. The van der Waals surface area contributed by atoms with Crippen molar-refractivity contribution in [1.82, 2.24) is 10.9 Å². The zero-order valence-corrected chi connectivity index (χ0v) is 16.0. The van der Waals surface area contributed by atoms with E-state index in [1.165, 1.54) is 11.8 Å². The lowest BCUT2D eigenvalue weighted by Gasteiger charge is -2.11. The van der Waals surface area contributed by atoms with Crippen LogP contribution in [-0.2, 0) is 5.75 Å². The second kappa shape index (κ2) is 9.80. The van der Waals surface area contributed by atoms with Crippen LogP contribution in [0.2, 0.25) is 5.02 Å². The summed E-state index contributed by atoms with van der Waals surface area (Å²) in [6, 6.07) is 26.3. The molecule has 0 bridgehead atoms. The van der Waals surface area contributed by atoms with Crippen molar-refractivity contribution in [3.8, 4) is 0 Å². The van der Waals surface area contributed by atoms with Gasteiger partial charge in [-0.25, -0.2) is 4.99 Å². The fourth-order valence-corrected chi connectivity index (χ4v) is 3.14. The summed E-state index contributed by atoms with van der Waals surface area (Å²) in [5, 5.41) is 1.30. The third-order valence-corrected chi connectivity index (χ3v) is 4.79. The molecule has 0 heterocycles. The number of hydrogen-bond acceptors (Lipinski definition) is 3. The number of hydrazine groups is 1. The van der Waals surface area contributed by atoms with E-state index in [0.29, 0.717) is 21.5 Å². The summed E-state index contributed by atoms with van der Waals surface area (Å²) >= 11 is 7.43. The minimum Gasteiger partial charge on any atom is -0.276 e. The predicted molar refractivity (Wildman–Crippen MR) is 113 cm³/mol. The summed E-state index contributed by atoms with van der Waals surface area (Å²) in [6.45, 7) is 0. The number of amides is 1. The maximum atomic E-state index is 12.3. The number of amidine groups is 1. The fraction of sp³-hybridized carbons (Fsp3) is 0.0476. The SMILES string of the molecule is O=C(NNC(=Nc1ccccc1)SCc1ccc(Cl)cc1)c1ccccc1. The molecule has 0 atom stereocenters. The second-order valence-electron chi connectivity index (χ2n) is 5.61. The Labute approximate surface area is 167 Å². The van der Waals surface area contributed by atoms with Gasteiger partial charge in [0.15, 0.2) is 5.17 Å². The van der Waals surface area contributed by atoms with Crippen molar-refractivity contribution in [2.45, 2.75) is 5.75 Å². The molecule has 3 rings (SSSR count). The van der Waals surface area contributed by atoms with Gasteiger partial charge >= 0.3 is 0 Å². The highest BCUT2D eigenvalue weighted by atomic mass is 35.5. The lowest BCUT2D eigenvalue weighted by molar-refractivity contribution is 0.0944. The molecule has 0 aliphatic carbocycles. The summed E-state index contributed by atoms with van der Waals surface area (Å²) in [6.07, 6.45) is 0. The van der Waals surface area contributed by atoms with Crippen LogP contribution in [-0.4, -0.2) is 11.1 Å². The molecule has 0 radical (unpaired) electrons. The van der Waals surface area contributed by atoms with Gasteiger partial charge < -0.3 is 0 Å². The topological polar surface area (TPSA) is 53.5 Å². The molecule has 3 aromatic rings. The first kappa shape index (κ1) is 19.0. The van der Waals surface area contributed by atoms with E-state index in [1.54, 1.807) is 12.1 Å². The zero-order valence-electron chi connectivity index (χ0n) is 14.4. The van der Waals surface area contributed by atoms with Gasteiger partial charge in [0.2, 0.25) is 0 Å². The number of carbonyl (C=O) groups excluding carboxylic acids is 1. The number of para-hydroxylation sites is 1. The molecule has 27 heavy (non-hydrogen) atoms. The van der Waals surface area contributed by atoms with Crippen LogP contribution in [0.15, 0.2) is 89.9 Å². The zero-order chi connectivity index (χ0) is 18.9. The van der Waals surface area contributed by atoms with Gasteiger partial charge in [-0.2, -0.15) is 0 Å². The molecule has 3 aromatic carbocycles. The predicted octanol–water partition coefficient (Wildman–Crippen LogP) is 5.20. The Morgan fingerprint density at radius 3 is 2.15 bits per heavy atom. The van der Waals surface area contributed by atoms with Crippen LogP contribution in [0.25, 0.3) is 0 Å². The van der Waals surface area contributed by atoms with Crippen LogP contribution in [0.4, 0.5) is 5.69 Å². The van der Waals surface area contributed by atoms with Crippen LogP contribution in [0.1, 0.15) is 15.9 Å². The van der Waals surface area contributed by atoms with Crippen LogP contribution in [0.5, 0.6) is 0 Å². The van der Waals surface area contributed by atoms with Gasteiger partial charge in [-0.05, 0) is 42.0 Å². The molecule has 0 spiro atoms. The van der Waals surface area contributed by atoms with Crippen molar-refractivity contribution in [2.75, 3.05) is 0 Å². The van der Waals surface area contributed by atoms with Crippen LogP contribution < -0.4 is 10.9 Å². The molecule has 0 saturated carbocycles. The molecule has 0 aromatic heterocycles. The first-order chi connectivity index (χ1) is 13.2. The van der Waals surface area contributed by atoms with E-state index in [4.69, 9.17) is 11.6 Å². The van der Waals surface area contributed by atoms with E-state index in [9.17, 15) is 4.79 Å². The standard InChI is InChI=1S/C21H18ClN3OS/c22-18-13-11-16(12-14-18)15-27-21(23-19-9-5-2-6-10-19)25-24-20(26)17-7-3-1-4-8-17/h1-14H,15H2,(H,23,25)(H,24,26). The van der Waals surface area contributed by atoms with Crippen LogP contribution in [0.3, 0.4) is 0 Å². The summed E-state index contributed by atoms with van der Waals surface area (Å²) in [5.41, 5.74) is 8.13. The molecule has 4 nitrogen and oxygen atoms in total. The molecule has 136 valence electrons. The molecule has 0 aliphatic rings. The van der Waals surface area contributed by atoms with Crippen molar-refractivity contribution in [2.24, 2.45) is 4.99 Å². The molecular weight excluding hydrogens is 378 g/mol. The van der Waals surface area contributed by atoms with Gasteiger partial charge in [0, 0.05) is 16.3 Å². The Morgan fingerprint density at radius 1 is 0.852 bits per heavy atom. The van der Waals surface area contributed by atoms with Crippen molar-refractivity contribution < 1.29 is 4.79 Å². The minimum absolute atomic E-state index is 0.219. The molecule has 2 N–H and O–H groups in total. The smallest absolute Gasteiger partial charge is 0.269 e. The molecule has 1 amide bonds. The van der Waals surface area contributed by atoms with Gasteiger partial charge in [0.1, 0.15) is 0 Å². The average molecular weight is 396 g/mol. The first-order valence-electron chi connectivity index (χ1n) is 8.33. The number of aliphatic imine (C=N–C) groups is 1. The fourth-order valence-electron chi connectivity index (χ4n) is 2.22. The van der Waals surface area contributed by atoms with E-state index in [-0.39, 0.29) is 5.91 Å². The molecule has 0 unspecified atom stereocenters. The van der Waals surface area contributed by atoms with E-state index in [0.717, 1.165) is 11.3 Å². The van der Waals surface area contributed by atoms with Crippen molar-refractivity contribution in [1.29, 1.82) is 0 Å². The maximum Gasteiger partial charge on any atom is 0.269 e. The molecular formula is C21H18ClN3OS. The number of hydrogen-bond donors (Lipinski definition) is 2. The van der Waals surface area contributed by atoms with E-state index in [1.807, 2.05) is 72.8 Å². The third kappa shape index (κ3) is 6.16. The van der Waals surface area contributed by atoms with Gasteiger partial charge in [0.05, 0.1) is 5.69 Å². The maximum absolute atomic E-state index is 12.3. The third-order valence-electron chi connectivity index (χ3n) is 3.59. The van der Waals surface area contributed by atoms with Gasteiger partial charge in [0.25, 0.3) is 5.91 Å². The highest BCUT2D eigenvalue weighted by molar-refractivity contribution is 8.13. The summed E-state index contributed by atoms with van der Waals surface area (Å²) in [5.74, 6) is 0.472. The van der Waals surface area contributed by atoms with Gasteiger partial charge in [-0.1, -0.05) is 71.9 Å². The van der Waals surface area contributed by atoms with Crippen molar-refractivity contribution >= 4 is 40.1 Å². The monoisotopic (exact) mass is 395 g/mol. The van der Waals surface area contributed by atoms with E-state index >= 15 is 0 Å². The number of nitrogens with one attached hydrogen (secondary N) is 2. The lowest BCUT2D eigenvalue weighted by Crippen LogP contribution is -2.40. The Morgan fingerprint density at radius 2 is 1.48 bits per heavy atom. The number of rotatable bonds is 4. The average Bonchev–Trinajstić information content (AvgIpc) is 2.72. The van der Waals surface area contributed by atoms with E-state index < -0.39 is 0 Å². The highest BCUT2D eigenvalue weighted by Gasteiger charge is 2.07. The largest absolute Gasteiger partial charge is 0.276 e. The lowest BCUT2D eigenvalue weighted by atomic mass is 10.2. The minimum atomic E-state index is -0.219. The number of nitrogens with zero attached hydrogens (tertiary/aromatic N) is 1. The molecule has 0 aliphatic heterocycles. The number of halogens is 1. The summed E-state index contributed by atoms with van der Waals surface area (Å²) in [4.78, 5) is 16.8. The number of benzene rings is 3. The Bertz CT molecular complexity index is 900. The van der Waals surface area contributed by atoms with E-state index in [2.05, 4.69) is 15.8 Å². The van der Waals surface area contributed by atoms with Gasteiger partial charge in [-0.3, -0.25) is 15.6 Å². The number of carbonyl (C=O) groups is 1. The Hall–Kier alpha value is -2.76. The first-order valence-corrected chi connectivity index (χ1v) is 9.69. The van der Waals surface area contributed by atoms with Crippen molar-refractivity contribution in [3.63, 3.8) is 0 Å². The van der Waals surface area contributed by atoms with Gasteiger partial charge in [-0.15, -0.1) is 0 Å². The van der Waals surface area contributed by atoms with Crippen LogP contribution in [0, 0.1) is 0 Å².